The van der Waals surface area contributed by atoms with Crippen molar-refractivity contribution in [3.05, 3.63) is 64.9 Å². The molecule has 1 unspecified atom stereocenters. The normalized spacial score (nSPS) is 17.4. The molecule has 2 amide bonds. The summed E-state index contributed by atoms with van der Waals surface area (Å²) in [5.41, 5.74) is 0.952. The number of rotatable bonds is 3. The van der Waals surface area contributed by atoms with Gasteiger partial charge in [-0.05, 0) is 42.8 Å². The summed E-state index contributed by atoms with van der Waals surface area (Å²) < 4.78 is 13.0. The van der Waals surface area contributed by atoms with Crippen molar-refractivity contribution in [2.45, 2.75) is 12.5 Å². The summed E-state index contributed by atoms with van der Waals surface area (Å²) in [5.74, 6) is -0.948. The topological polar surface area (TPSA) is 49.4 Å². The molecular weight excluding hydrogens is 319 g/mol. The third-order valence-electron chi connectivity index (χ3n) is 3.77. The van der Waals surface area contributed by atoms with Crippen molar-refractivity contribution in [1.82, 2.24) is 5.32 Å². The average molecular weight is 333 g/mol. The number of nitrogens with one attached hydrogen (secondary N) is 1. The molecule has 3 rings (SSSR count). The molecule has 1 atom stereocenters. The molecule has 1 aliphatic rings. The number of benzene rings is 2. The van der Waals surface area contributed by atoms with Crippen LogP contribution < -0.4 is 10.2 Å². The van der Waals surface area contributed by atoms with E-state index in [1.54, 1.807) is 36.4 Å². The van der Waals surface area contributed by atoms with E-state index in [1.807, 2.05) is 0 Å². The van der Waals surface area contributed by atoms with Gasteiger partial charge in [0.05, 0.1) is 10.6 Å². The highest BCUT2D eigenvalue weighted by Crippen LogP contribution is 2.22. The van der Waals surface area contributed by atoms with E-state index in [0.717, 1.165) is 0 Å². The van der Waals surface area contributed by atoms with Gasteiger partial charge in [0.25, 0.3) is 5.91 Å². The van der Waals surface area contributed by atoms with Crippen molar-refractivity contribution in [3.63, 3.8) is 0 Å². The van der Waals surface area contributed by atoms with Crippen LogP contribution in [-0.2, 0) is 4.79 Å². The first-order chi connectivity index (χ1) is 11.1. The Morgan fingerprint density at radius 1 is 1.17 bits per heavy atom. The Kier molecular flexibility index (Phi) is 4.30. The number of amides is 2. The number of carbonyl (C=O) groups is 2. The maximum Gasteiger partial charge on any atom is 0.253 e. The van der Waals surface area contributed by atoms with Crippen molar-refractivity contribution in [3.8, 4) is 0 Å². The molecule has 1 saturated heterocycles. The highest BCUT2D eigenvalue weighted by Gasteiger charge is 2.33. The lowest BCUT2D eigenvalue weighted by molar-refractivity contribution is -0.118. The molecule has 6 heteroatoms. The molecule has 4 nitrogen and oxygen atoms in total. The molecule has 0 radical (unpaired) electrons. The van der Waals surface area contributed by atoms with Gasteiger partial charge in [0, 0.05) is 12.2 Å². The highest BCUT2D eigenvalue weighted by atomic mass is 35.5. The van der Waals surface area contributed by atoms with E-state index in [1.165, 1.54) is 17.0 Å². The second kappa shape index (κ2) is 6.38. The molecule has 0 saturated carbocycles. The second-order valence-electron chi connectivity index (χ2n) is 5.26. The zero-order valence-corrected chi connectivity index (χ0v) is 12.9. The number of anilines is 1. The molecule has 2 aromatic rings. The Labute approximate surface area is 137 Å². The standard InChI is InChI=1S/C17H14ClFN2O2/c18-14-4-2-1-3-13(14)16(22)20-15-9-10-21(17(15)23)12-7-5-11(19)6-8-12/h1-8,15H,9-10H2,(H,20,22). The van der Waals surface area contributed by atoms with E-state index in [9.17, 15) is 14.0 Å². The van der Waals surface area contributed by atoms with Crippen molar-refractivity contribution in [2.75, 3.05) is 11.4 Å². The van der Waals surface area contributed by atoms with Crippen LogP contribution in [0.1, 0.15) is 16.8 Å². The van der Waals surface area contributed by atoms with Crippen molar-refractivity contribution in [1.29, 1.82) is 0 Å². The van der Waals surface area contributed by atoms with Crippen molar-refractivity contribution >= 4 is 29.1 Å². The number of halogens is 2. The lowest BCUT2D eigenvalue weighted by Gasteiger charge is -2.17. The number of nitrogens with zero attached hydrogens (tertiary/aromatic N) is 1. The van der Waals surface area contributed by atoms with E-state index >= 15 is 0 Å². The Hall–Kier alpha value is -2.40. The summed E-state index contributed by atoms with van der Waals surface area (Å²) in [4.78, 5) is 26.2. The van der Waals surface area contributed by atoms with Crippen molar-refractivity contribution < 1.29 is 14.0 Å². The maximum atomic E-state index is 13.0. The van der Waals surface area contributed by atoms with Crippen molar-refractivity contribution in [2.24, 2.45) is 0 Å². The summed E-state index contributed by atoms with van der Waals surface area (Å²) in [6.07, 6.45) is 0.492. The molecule has 1 N–H and O–H groups in total. The summed E-state index contributed by atoms with van der Waals surface area (Å²) in [6, 6.07) is 11.8. The average Bonchev–Trinajstić information content (AvgIpc) is 2.89. The molecule has 118 valence electrons. The molecule has 1 fully saturated rings. The van der Waals surface area contributed by atoms with Gasteiger partial charge in [-0.15, -0.1) is 0 Å². The van der Waals surface area contributed by atoms with Crippen LogP contribution in [0, 0.1) is 5.82 Å². The van der Waals surface area contributed by atoms with Gasteiger partial charge < -0.3 is 10.2 Å². The van der Waals surface area contributed by atoms with Gasteiger partial charge in [-0.1, -0.05) is 23.7 Å². The Morgan fingerprint density at radius 3 is 2.57 bits per heavy atom. The quantitative estimate of drug-likeness (QED) is 0.939. The largest absolute Gasteiger partial charge is 0.340 e. The molecule has 1 heterocycles. The molecule has 23 heavy (non-hydrogen) atoms. The summed E-state index contributed by atoms with van der Waals surface area (Å²) >= 11 is 5.99. The minimum absolute atomic E-state index is 0.211. The second-order valence-corrected chi connectivity index (χ2v) is 5.67. The highest BCUT2D eigenvalue weighted by molar-refractivity contribution is 6.33. The van der Waals surface area contributed by atoms with E-state index in [0.29, 0.717) is 29.2 Å². The third-order valence-corrected chi connectivity index (χ3v) is 4.10. The van der Waals surface area contributed by atoms with Gasteiger partial charge in [-0.25, -0.2) is 4.39 Å². The van der Waals surface area contributed by atoms with Gasteiger partial charge in [-0.3, -0.25) is 9.59 Å². The molecule has 0 aromatic heterocycles. The van der Waals surface area contributed by atoms with Crippen LogP contribution >= 0.6 is 11.6 Å². The predicted octanol–water partition coefficient (Wildman–Crippen LogP) is 3.01. The molecule has 0 aliphatic carbocycles. The SMILES string of the molecule is O=C(NC1CCN(c2ccc(F)cc2)C1=O)c1ccccc1Cl. The van der Waals surface area contributed by atoms with E-state index in [4.69, 9.17) is 11.6 Å². The fourth-order valence-electron chi connectivity index (χ4n) is 2.57. The fourth-order valence-corrected chi connectivity index (χ4v) is 2.79. The molecule has 0 bridgehead atoms. The number of hydrogen-bond acceptors (Lipinski definition) is 2. The van der Waals surface area contributed by atoms with Crippen LogP contribution in [0.25, 0.3) is 0 Å². The molecule has 2 aromatic carbocycles. The van der Waals surface area contributed by atoms with Gasteiger partial charge in [-0.2, -0.15) is 0 Å². The van der Waals surface area contributed by atoms with Crippen LogP contribution in [0.5, 0.6) is 0 Å². The molecular formula is C17H14ClFN2O2. The van der Waals surface area contributed by atoms with Gasteiger partial charge in [0.1, 0.15) is 11.9 Å². The van der Waals surface area contributed by atoms with E-state index in [2.05, 4.69) is 5.32 Å². The third kappa shape index (κ3) is 3.19. The van der Waals surface area contributed by atoms with Gasteiger partial charge in [0.2, 0.25) is 5.91 Å². The number of carbonyl (C=O) groups excluding carboxylic acids is 2. The van der Waals surface area contributed by atoms with E-state index < -0.39 is 6.04 Å². The first-order valence-electron chi connectivity index (χ1n) is 7.18. The minimum atomic E-state index is -0.608. The van der Waals surface area contributed by atoms with E-state index in [-0.39, 0.29) is 17.6 Å². The summed E-state index contributed by atoms with van der Waals surface area (Å²) in [5, 5.41) is 3.05. The summed E-state index contributed by atoms with van der Waals surface area (Å²) in [6.45, 7) is 0.470. The monoisotopic (exact) mass is 332 g/mol. The smallest absolute Gasteiger partial charge is 0.253 e. The maximum absolute atomic E-state index is 13.0. The Morgan fingerprint density at radius 2 is 1.87 bits per heavy atom. The van der Waals surface area contributed by atoms with Crippen LogP contribution in [0.3, 0.4) is 0 Å². The van der Waals surface area contributed by atoms with Crippen LogP contribution in [0.4, 0.5) is 10.1 Å². The first kappa shape index (κ1) is 15.5. The Balaban J connectivity index is 1.71. The lowest BCUT2D eigenvalue weighted by Crippen LogP contribution is -2.41. The lowest BCUT2D eigenvalue weighted by atomic mass is 10.2. The molecule has 1 aliphatic heterocycles. The zero-order valence-electron chi connectivity index (χ0n) is 12.1. The predicted molar refractivity (Wildman–Crippen MR) is 86.1 cm³/mol. The fraction of sp³-hybridized carbons (Fsp3) is 0.176. The zero-order chi connectivity index (χ0) is 16.4. The van der Waals surface area contributed by atoms with Gasteiger partial charge in [0.15, 0.2) is 0 Å². The Bertz CT molecular complexity index is 749. The van der Waals surface area contributed by atoms with Crippen LogP contribution in [-0.4, -0.2) is 24.4 Å². The molecule has 0 spiro atoms. The minimum Gasteiger partial charge on any atom is -0.340 e. The number of hydrogen-bond donors (Lipinski definition) is 1. The first-order valence-corrected chi connectivity index (χ1v) is 7.56. The summed E-state index contributed by atoms with van der Waals surface area (Å²) in [7, 11) is 0. The van der Waals surface area contributed by atoms with Gasteiger partial charge >= 0.3 is 0 Å². The van der Waals surface area contributed by atoms with Crippen LogP contribution in [0.2, 0.25) is 5.02 Å². The van der Waals surface area contributed by atoms with Crippen LogP contribution in [0.15, 0.2) is 48.5 Å².